The summed E-state index contributed by atoms with van der Waals surface area (Å²) in [6.07, 6.45) is -1.23. The Balaban J connectivity index is 1.30. The number of carbonyl (C=O) groups excluding carboxylic acids is 3. The number of amides is 2. The maximum absolute atomic E-state index is 13.4. The molecule has 1 N–H and O–H groups in total. The van der Waals surface area contributed by atoms with Gasteiger partial charge in [0.05, 0.1) is 17.8 Å². The van der Waals surface area contributed by atoms with Crippen LogP contribution in [-0.2, 0) is 19.1 Å². The van der Waals surface area contributed by atoms with E-state index in [2.05, 4.69) is 10.3 Å². The monoisotopic (exact) mass is 487 g/mol. The Morgan fingerprint density at radius 2 is 2.03 bits per heavy atom. The number of ether oxygens (including phenoxy) is 2. The average Bonchev–Trinajstić information content (AvgIpc) is 3.28. The van der Waals surface area contributed by atoms with Gasteiger partial charge in [0.25, 0.3) is 11.8 Å². The normalized spacial score (nSPS) is 13.6. The highest BCUT2D eigenvalue weighted by molar-refractivity contribution is 7.14. The van der Waals surface area contributed by atoms with Gasteiger partial charge < -0.3 is 14.4 Å². The van der Waals surface area contributed by atoms with E-state index in [9.17, 15) is 23.2 Å². The van der Waals surface area contributed by atoms with Gasteiger partial charge in [-0.15, -0.1) is 11.3 Å². The number of carbonyl (C=O) groups is 3. The Hall–Kier alpha value is -3.86. The highest BCUT2D eigenvalue weighted by atomic mass is 32.1. The molecule has 4 rings (SSSR count). The molecule has 0 fully saturated rings. The van der Waals surface area contributed by atoms with Crippen molar-refractivity contribution in [3.63, 3.8) is 0 Å². The van der Waals surface area contributed by atoms with Crippen molar-refractivity contribution in [1.82, 2.24) is 4.98 Å². The van der Waals surface area contributed by atoms with Crippen LogP contribution in [0.3, 0.4) is 0 Å². The Morgan fingerprint density at radius 1 is 1.24 bits per heavy atom. The van der Waals surface area contributed by atoms with Gasteiger partial charge in [-0.25, -0.2) is 13.8 Å². The second kappa shape index (κ2) is 9.96. The number of benzene rings is 2. The van der Waals surface area contributed by atoms with Crippen molar-refractivity contribution in [1.29, 1.82) is 0 Å². The fourth-order valence-electron chi connectivity index (χ4n) is 3.24. The second-order valence-corrected chi connectivity index (χ2v) is 8.20. The van der Waals surface area contributed by atoms with E-state index >= 15 is 0 Å². The van der Waals surface area contributed by atoms with E-state index in [1.165, 1.54) is 17.9 Å². The number of fused-ring (bicyclic) bond motifs is 1. The number of hydrogen-bond acceptors (Lipinski definition) is 7. The molecule has 0 unspecified atom stereocenters. The van der Waals surface area contributed by atoms with Gasteiger partial charge in [0.1, 0.15) is 5.75 Å². The van der Waals surface area contributed by atoms with Crippen LogP contribution >= 0.6 is 11.3 Å². The van der Waals surface area contributed by atoms with Crippen molar-refractivity contribution < 1.29 is 32.6 Å². The van der Waals surface area contributed by atoms with Gasteiger partial charge in [-0.1, -0.05) is 12.1 Å². The van der Waals surface area contributed by atoms with E-state index in [1.807, 2.05) is 0 Å². The third-order valence-corrected chi connectivity index (χ3v) is 5.73. The predicted molar refractivity (Wildman–Crippen MR) is 121 cm³/mol. The highest BCUT2D eigenvalue weighted by Gasteiger charge is 2.26. The molecule has 1 aliphatic rings. The summed E-state index contributed by atoms with van der Waals surface area (Å²) >= 11 is 1.09. The standard InChI is InChI=1S/C23H19F2N3O5S/c1-13(22(31)27-23-26-17(12-34-23)14-6-7-15(24)16(25)10-14)33-21(30)8-9-28-18-4-2-3-5-19(18)32-11-20(28)29/h2-7,10,12-13H,8-9,11H2,1H3,(H,26,27,31)/t13-/m1/s1. The first-order valence-electron chi connectivity index (χ1n) is 10.3. The quantitative estimate of drug-likeness (QED) is 0.510. The lowest BCUT2D eigenvalue weighted by atomic mass is 10.2. The van der Waals surface area contributed by atoms with Crippen molar-refractivity contribution in [2.75, 3.05) is 23.4 Å². The summed E-state index contributed by atoms with van der Waals surface area (Å²) in [4.78, 5) is 42.5. The molecule has 1 atom stereocenters. The Kier molecular flexibility index (Phi) is 6.82. The van der Waals surface area contributed by atoms with Gasteiger partial charge in [0, 0.05) is 17.5 Å². The molecule has 0 saturated carbocycles. The number of rotatable bonds is 7. The van der Waals surface area contributed by atoms with Crippen LogP contribution in [0.15, 0.2) is 47.8 Å². The first-order valence-corrected chi connectivity index (χ1v) is 11.1. The summed E-state index contributed by atoms with van der Waals surface area (Å²) in [5, 5.41) is 4.32. The zero-order chi connectivity index (χ0) is 24.2. The molecule has 1 aliphatic heterocycles. The molecular formula is C23H19F2N3O5S. The lowest BCUT2D eigenvalue weighted by molar-refractivity contribution is -0.153. The van der Waals surface area contributed by atoms with Gasteiger partial charge in [-0.05, 0) is 37.3 Å². The summed E-state index contributed by atoms with van der Waals surface area (Å²) in [6.45, 7) is 1.37. The van der Waals surface area contributed by atoms with Crippen LogP contribution in [0.5, 0.6) is 5.75 Å². The molecule has 1 aromatic heterocycles. The third-order valence-electron chi connectivity index (χ3n) is 4.97. The third kappa shape index (κ3) is 5.20. The fraction of sp³-hybridized carbons (Fsp3) is 0.217. The molecular weight excluding hydrogens is 468 g/mol. The molecule has 34 heavy (non-hydrogen) atoms. The minimum atomic E-state index is -1.12. The zero-order valence-corrected chi connectivity index (χ0v) is 18.7. The molecule has 0 saturated heterocycles. The van der Waals surface area contributed by atoms with E-state index in [-0.39, 0.29) is 30.6 Å². The van der Waals surface area contributed by atoms with E-state index in [0.29, 0.717) is 22.7 Å². The van der Waals surface area contributed by atoms with Crippen molar-refractivity contribution in [2.45, 2.75) is 19.4 Å². The van der Waals surface area contributed by atoms with Crippen LogP contribution in [0.4, 0.5) is 19.6 Å². The van der Waals surface area contributed by atoms with E-state index in [1.54, 1.807) is 29.6 Å². The molecule has 2 aromatic carbocycles. The smallest absolute Gasteiger partial charge is 0.308 e. The van der Waals surface area contributed by atoms with Gasteiger partial charge in [0.15, 0.2) is 29.5 Å². The summed E-state index contributed by atoms with van der Waals surface area (Å²) in [5.74, 6) is -2.95. The summed E-state index contributed by atoms with van der Waals surface area (Å²) < 4.78 is 37.1. The van der Waals surface area contributed by atoms with Crippen molar-refractivity contribution in [2.24, 2.45) is 0 Å². The predicted octanol–water partition coefficient (Wildman–Crippen LogP) is 3.77. The summed E-state index contributed by atoms with van der Waals surface area (Å²) in [6, 6.07) is 10.4. The first-order chi connectivity index (χ1) is 16.3. The number of thiazole rings is 1. The molecule has 2 heterocycles. The minimum Gasteiger partial charge on any atom is -0.482 e. The van der Waals surface area contributed by atoms with E-state index < -0.39 is 29.6 Å². The second-order valence-electron chi connectivity index (χ2n) is 7.34. The largest absolute Gasteiger partial charge is 0.482 e. The van der Waals surface area contributed by atoms with Crippen molar-refractivity contribution in [3.05, 3.63) is 59.5 Å². The number of nitrogens with zero attached hydrogens (tertiary/aromatic N) is 2. The number of esters is 1. The van der Waals surface area contributed by atoms with Gasteiger partial charge >= 0.3 is 5.97 Å². The fourth-order valence-corrected chi connectivity index (χ4v) is 3.96. The number of nitrogens with one attached hydrogen (secondary N) is 1. The van der Waals surface area contributed by atoms with Gasteiger partial charge in [0.2, 0.25) is 0 Å². The molecule has 11 heteroatoms. The molecule has 8 nitrogen and oxygen atoms in total. The van der Waals surface area contributed by atoms with Crippen molar-refractivity contribution in [3.8, 4) is 17.0 Å². The molecule has 176 valence electrons. The van der Waals surface area contributed by atoms with Crippen LogP contribution in [0.1, 0.15) is 13.3 Å². The van der Waals surface area contributed by atoms with Crippen LogP contribution in [0.2, 0.25) is 0 Å². The van der Waals surface area contributed by atoms with Crippen LogP contribution < -0.4 is 15.0 Å². The molecule has 0 radical (unpaired) electrons. The SMILES string of the molecule is C[C@@H](OC(=O)CCN1C(=O)COc2ccccc21)C(=O)Nc1nc(-c2ccc(F)c(F)c2)cs1. The number of aromatic nitrogens is 1. The molecule has 0 bridgehead atoms. The maximum Gasteiger partial charge on any atom is 0.308 e. The summed E-state index contributed by atoms with van der Waals surface area (Å²) in [5.41, 5.74) is 1.28. The zero-order valence-electron chi connectivity index (χ0n) is 17.9. The lowest BCUT2D eigenvalue weighted by Crippen LogP contribution is -2.40. The van der Waals surface area contributed by atoms with E-state index in [4.69, 9.17) is 9.47 Å². The van der Waals surface area contributed by atoms with Crippen LogP contribution in [-0.4, -0.2) is 42.0 Å². The number of halogens is 2. The average molecular weight is 487 g/mol. The molecule has 2 amide bonds. The van der Waals surface area contributed by atoms with Gasteiger partial charge in [-0.3, -0.25) is 19.7 Å². The summed E-state index contributed by atoms with van der Waals surface area (Å²) in [7, 11) is 0. The topological polar surface area (TPSA) is 97.8 Å². The van der Waals surface area contributed by atoms with E-state index in [0.717, 1.165) is 23.5 Å². The Bertz CT molecular complexity index is 1250. The Morgan fingerprint density at radius 3 is 2.82 bits per heavy atom. The lowest BCUT2D eigenvalue weighted by Gasteiger charge is -2.29. The maximum atomic E-state index is 13.4. The molecule has 0 aliphatic carbocycles. The molecule has 3 aromatic rings. The highest BCUT2D eigenvalue weighted by Crippen LogP contribution is 2.31. The first kappa shape index (κ1) is 23.3. The number of para-hydroxylation sites is 2. The van der Waals surface area contributed by atoms with Crippen LogP contribution in [0.25, 0.3) is 11.3 Å². The number of hydrogen-bond donors (Lipinski definition) is 1. The van der Waals surface area contributed by atoms with Crippen molar-refractivity contribution >= 4 is 39.9 Å². The number of anilines is 2. The van der Waals surface area contributed by atoms with Gasteiger partial charge in [-0.2, -0.15) is 0 Å². The van der Waals surface area contributed by atoms with Crippen LogP contribution in [0, 0.1) is 11.6 Å². The molecule has 0 spiro atoms. The minimum absolute atomic E-state index is 0.0798. The Labute approximate surface area is 197 Å².